The molecule has 0 saturated carbocycles. The number of pyridine rings is 1. The SMILES string of the molecule is Cc1[nH]ncc1C(C)N1CCN(c2ncccc2-c2cccc(F)c2)CC1. The summed E-state index contributed by atoms with van der Waals surface area (Å²) in [5.74, 6) is 0.700. The Balaban J connectivity index is 1.51. The van der Waals surface area contributed by atoms with Gasteiger partial charge in [-0.2, -0.15) is 5.10 Å². The molecule has 140 valence electrons. The first-order valence-corrected chi connectivity index (χ1v) is 9.33. The Morgan fingerprint density at radius 3 is 2.63 bits per heavy atom. The van der Waals surface area contributed by atoms with Crippen molar-refractivity contribution in [3.8, 4) is 11.1 Å². The average molecular weight is 365 g/mol. The first-order valence-electron chi connectivity index (χ1n) is 9.33. The van der Waals surface area contributed by atoms with Gasteiger partial charge in [0, 0.05) is 55.2 Å². The van der Waals surface area contributed by atoms with Crippen LogP contribution in [0.3, 0.4) is 0 Å². The molecule has 1 atom stereocenters. The van der Waals surface area contributed by atoms with Crippen molar-refractivity contribution < 1.29 is 4.39 Å². The number of aromatic nitrogens is 3. The van der Waals surface area contributed by atoms with E-state index in [2.05, 4.69) is 38.8 Å². The molecule has 0 spiro atoms. The topological polar surface area (TPSA) is 48.1 Å². The summed E-state index contributed by atoms with van der Waals surface area (Å²) in [6.45, 7) is 7.97. The minimum atomic E-state index is -0.226. The van der Waals surface area contributed by atoms with Crippen molar-refractivity contribution in [3.05, 3.63) is 65.9 Å². The van der Waals surface area contributed by atoms with Gasteiger partial charge in [0.05, 0.1) is 6.20 Å². The van der Waals surface area contributed by atoms with Crippen LogP contribution in [0, 0.1) is 12.7 Å². The minimum absolute atomic E-state index is 0.226. The predicted octanol–water partition coefficient (Wildman–Crippen LogP) is 3.80. The van der Waals surface area contributed by atoms with Crippen LogP contribution >= 0.6 is 0 Å². The molecule has 3 aromatic rings. The largest absolute Gasteiger partial charge is 0.354 e. The van der Waals surface area contributed by atoms with Gasteiger partial charge in [0.25, 0.3) is 0 Å². The molecular formula is C21H24FN5. The van der Waals surface area contributed by atoms with Gasteiger partial charge in [-0.3, -0.25) is 10.00 Å². The lowest BCUT2D eigenvalue weighted by atomic mass is 10.0. The lowest BCUT2D eigenvalue weighted by Crippen LogP contribution is -2.47. The number of hydrogen-bond donors (Lipinski definition) is 1. The fraction of sp³-hybridized carbons (Fsp3) is 0.333. The lowest BCUT2D eigenvalue weighted by molar-refractivity contribution is 0.198. The maximum atomic E-state index is 13.7. The van der Waals surface area contributed by atoms with Gasteiger partial charge in [-0.05, 0) is 43.7 Å². The third-order valence-electron chi connectivity index (χ3n) is 5.40. The highest BCUT2D eigenvalue weighted by atomic mass is 19.1. The number of piperazine rings is 1. The zero-order valence-corrected chi connectivity index (χ0v) is 15.7. The number of halogens is 1. The Bertz CT molecular complexity index is 914. The van der Waals surface area contributed by atoms with Crippen LogP contribution in [0.25, 0.3) is 11.1 Å². The molecule has 0 aliphatic carbocycles. The van der Waals surface area contributed by atoms with Gasteiger partial charge in [-0.15, -0.1) is 0 Å². The first kappa shape index (κ1) is 17.7. The fourth-order valence-corrected chi connectivity index (χ4v) is 3.83. The van der Waals surface area contributed by atoms with Crippen LogP contribution < -0.4 is 4.90 Å². The maximum Gasteiger partial charge on any atom is 0.136 e. The van der Waals surface area contributed by atoms with Crippen LogP contribution in [-0.4, -0.2) is 46.3 Å². The van der Waals surface area contributed by atoms with Gasteiger partial charge in [-0.1, -0.05) is 12.1 Å². The van der Waals surface area contributed by atoms with E-state index in [1.54, 1.807) is 12.1 Å². The van der Waals surface area contributed by atoms with Gasteiger partial charge < -0.3 is 4.90 Å². The predicted molar refractivity (Wildman–Crippen MR) is 105 cm³/mol. The van der Waals surface area contributed by atoms with Gasteiger partial charge in [-0.25, -0.2) is 9.37 Å². The molecule has 1 aliphatic rings. The first-order chi connectivity index (χ1) is 13.1. The molecule has 1 aliphatic heterocycles. The summed E-state index contributed by atoms with van der Waals surface area (Å²) >= 11 is 0. The highest BCUT2D eigenvalue weighted by Crippen LogP contribution is 2.31. The summed E-state index contributed by atoms with van der Waals surface area (Å²) in [5.41, 5.74) is 4.22. The van der Waals surface area contributed by atoms with E-state index in [1.807, 2.05) is 30.6 Å². The zero-order valence-electron chi connectivity index (χ0n) is 15.7. The van der Waals surface area contributed by atoms with Crippen molar-refractivity contribution in [3.63, 3.8) is 0 Å². The molecule has 27 heavy (non-hydrogen) atoms. The molecule has 1 N–H and O–H groups in total. The van der Waals surface area contributed by atoms with E-state index < -0.39 is 0 Å². The van der Waals surface area contributed by atoms with E-state index in [0.29, 0.717) is 6.04 Å². The second kappa shape index (κ2) is 7.48. The van der Waals surface area contributed by atoms with E-state index in [-0.39, 0.29) is 5.82 Å². The minimum Gasteiger partial charge on any atom is -0.354 e. The molecule has 1 aromatic carbocycles. The Labute approximate surface area is 158 Å². The Hall–Kier alpha value is -2.73. The molecule has 1 saturated heterocycles. The Morgan fingerprint density at radius 2 is 1.93 bits per heavy atom. The van der Waals surface area contributed by atoms with E-state index in [9.17, 15) is 4.39 Å². The number of benzene rings is 1. The van der Waals surface area contributed by atoms with Crippen LogP contribution in [0.5, 0.6) is 0 Å². The van der Waals surface area contributed by atoms with E-state index >= 15 is 0 Å². The number of aromatic amines is 1. The van der Waals surface area contributed by atoms with Crippen molar-refractivity contribution in [2.45, 2.75) is 19.9 Å². The van der Waals surface area contributed by atoms with Crippen LogP contribution in [0.2, 0.25) is 0 Å². The number of hydrogen-bond acceptors (Lipinski definition) is 4. The van der Waals surface area contributed by atoms with Crippen LogP contribution in [0.1, 0.15) is 24.2 Å². The summed E-state index contributed by atoms with van der Waals surface area (Å²) < 4.78 is 13.7. The Morgan fingerprint density at radius 1 is 1.11 bits per heavy atom. The summed E-state index contributed by atoms with van der Waals surface area (Å²) in [6.07, 6.45) is 3.73. The number of anilines is 1. The van der Waals surface area contributed by atoms with Crippen molar-refractivity contribution in [2.24, 2.45) is 0 Å². The molecule has 2 aromatic heterocycles. The van der Waals surface area contributed by atoms with E-state index in [4.69, 9.17) is 0 Å². The van der Waals surface area contributed by atoms with Crippen LogP contribution in [-0.2, 0) is 0 Å². The highest BCUT2D eigenvalue weighted by molar-refractivity contribution is 5.75. The van der Waals surface area contributed by atoms with Crippen molar-refractivity contribution in [1.82, 2.24) is 20.1 Å². The van der Waals surface area contributed by atoms with Crippen molar-refractivity contribution >= 4 is 5.82 Å². The molecule has 3 heterocycles. The van der Waals surface area contributed by atoms with Gasteiger partial charge in [0.15, 0.2) is 0 Å². The lowest BCUT2D eigenvalue weighted by Gasteiger charge is -2.39. The quantitative estimate of drug-likeness (QED) is 0.764. The molecule has 5 nitrogen and oxygen atoms in total. The number of H-pyrrole nitrogens is 1. The van der Waals surface area contributed by atoms with Crippen molar-refractivity contribution in [2.75, 3.05) is 31.1 Å². The van der Waals surface area contributed by atoms with E-state index in [1.165, 1.54) is 11.6 Å². The van der Waals surface area contributed by atoms with Gasteiger partial charge in [0.1, 0.15) is 11.6 Å². The third-order valence-corrected chi connectivity index (χ3v) is 5.40. The number of aryl methyl sites for hydroxylation is 1. The summed E-state index contributed by atoms with van der Waals surface area (Å²) in [4.78, 5) is 9.38. The molecule has 4 rings (SSSR count). The summed E-state index contributed by atoms with van der Waals surface area (Å²) in [6, 6.07) is 11.0. The fourth-order valence-electron chi connectivity index (χ4n) is 3.83. The molecule has 1 unspecified atom stereocenters. The second-order valence-corrected chi connectivity index (χ2v) is 7.03. The van der Waals surface area contributed by atoms with Gasteiger partial charge in [0.2, 0.25) is 0 Å². The highest BCUT2D eigenvalue weighted by Gasteiger charge is 2.25. The average Bonchev–Trinajstić information content (AvgIpc) is 3.13. The van der Waals surface area contributed by atoms with Gasteiger partial charge >= 0.3 is 0 Å². The maximum absolute atomic E-state index is 13.7. The molecular weight excluding hydrogens is 341 g/mol. The molecule has 0 amide bonds. The Kier molecular flexibility index (Phi) is 4.90. The molecule has 6 heteroatoms. The number of nitrogens with zero attached hydrogens (tertiary/aromatic N) is 4. The monoisotopic (exact) mass is 365 g/mol. The number of nitrogens with one attached hydrogen (secondary N) is 1. The van der Waals surface area contributed by atoms with Crippen LogP contribution in [0.4, 0.5) is 10.2 Å². The summed E-state index contributed by atoms with van der Waals surface area (Å²) in [5, 5.41) is 7.18. The van der Waals surface area contributed by atoms with E-state index in [0.717, 1.165) is 48.8 Å². The zero-order chi connectivity index (χ0) is 18.8. The number of rotatable bonds is 4. The smallest absolute Gasteiger partial charge is 0.136 e. The normalized spacial score (nSPS) is 16.5. The molecule has 0 radical (unpaired) electrons. The standard InChI is InChI=1S/C21H24FN5/c1-15-20(14-24-25-15)16(2)26-9-11-27(12-10-26)21-19(7-4-8-23-21)17-5-3-6-18(22)13-17/h3-8,13-14,16H,9-12H2,1-2H3,(H,24,25). The third kappa shape index (κ3) is 3.57. The molecule has 0 bridgehead atoms. The molecule has 1 fully saturated rings. The van der Waals surface area contributed by atoms with Crippen molar-refractivity contribution in [1.29, 1.82) is 0 Å². The summed E-state index contributed by atoms with van der Waals surface area (Å²) in [7, 11) is 0. The van der Waals surface area contributed by atoms with Crippen LogP contribution in [0.15, 0.2) is 48.8 Å². The second-order valence-electron chi connectivity index (χ2n) is 7.03.